The summed E-state index contributed by atoms with van der Waals surface area (Å²) in [6.45, 7) is 10.8. The normalized spacial score (nSPS) is 13.9. The van der Waals surface area contributed by atoms with E-state index in [4.69, 9.17) is 4.74 Å². The summed E-state index contributed by atoms with van der Waals surface area (Å²) in [4.78, 5) is 0. The zero-order valence-corrected chi connectivity index (χ0v) is 11.6. The summed E-state index contributed by atoms with van der Waals surface area (Å²) in [7, 11) is 0. The highest BCUT2D eigenvalue weighted by molar-refractivity contribution is 9.09. The van der Waals surface area contributed by atoms with Gasteiger partial charge in [0.2, 0.25) is 0 Å². The predicted molar refractivity (Wildman–Crippen MR) is 67.0 cm³/mol. The van der Waals surface area contributed by atoms with Crippen molar-refractivity contribution in [3.8, 4) is 0 Å². The monoisotopic (exact) mass is 264 g/mol. The molecule has 1 nitrogen and oxygen atoms in total. The van der Waals surface area contributed by atoms with Crippen LogP contribution in [-0.2, 0) is 4.74 Å². The Labute approximate surface area is 97.7 Å². The van der Waals surface area contributed by atoms with Crippen LogP contribution in [0.2, 0.25) is 0 Å². The van der Waals surface area contributed by atoms with Crippen molar-refractivity contribution in [2.24, 2.45) is 17.8 Å². The Morgan fingerprint density at radius 1 is 1.07 bits per heavy atom. The standard InChI is InChI=1S/C12H25BrO/c1-10(2)7-12(8-13)5-6-14-9-11(3)4/h10-12H,5-9H2,1-4H3. The first-order valence-corrected chi connectivity index (χ1v) is 6.82. The Balaban J connectivity index is 3.43. The van der Waals surface area contributed by atoms with E-state index in [1.807, 2.05) is 0 Å². The molecule has 2 heteroatoms. The van der Waals surface area contributed by atoms with Crippen molar-refractivity contribution in [3.05, 3.63) is 0 Å². The molecule has 0 aliphatic rings. The van der Waals surface area contributed by atoms with Gasteiger partial charge in [-0.1, -0.05) is 43.6 Å². The minimum absolute atomic E-state index is 0.655. The molecule has 1 atom stereocenters. The van der Waals surface area contributed by atoms with Crippen LogP contribution in [0.1, 0.15) is 40.5 Å². The highest BCUT2D eigenvalue weighted by Crippen LogP contribution is 2.17. The summed E-state index contributed by atoms with van der Waals surface area (Å²) in [6, 6.07) is 0. The number of halogens is 1. The van der Waals surface area contributed by atoms with Crippen molar-refractivity contribution in [3.63, 3.8) is 0 Å². The van der Waals surface area contributed by atoms with E-state index in [1.165, 1.54) is 12.8 Å². The molecule has 0 amide bonds. The fraction of sp³-hybridized carbons (Fsp3) is 1.00. The summed E-state index contributed by atoms with van der Waals surface area (Å²) < 4.78 is 5.59. The van der Waals surface area contributed by atoms with Gasteiger partial charge < -0.3 is 4.74 Å². The molecule has 0 spiro atoms. The first kappa shape index (κ1) is 14.4. The number of hydrogen-bond donors (Lipinski definition) is 0. The average Bonchev–Trinajstić information content (AvgIpc) is 2.09. The lowest BCUT2D eigenvalue weighted by atomic mass is 9.96. The summed E-state index contributed by atoms with van der Waals surface area (Å²) >= 11 is 3.57. The maximum Gasteiger partial charge on any atom is 0.0488 e. The second kappa shape index (κ2) is 8.72. The van der Waals surface area contributed by atoms with Crippen molar-refractivity contribution in [2.75, 3.05) is 18.5 Å². The third-order valence-electron chi connectivity index (χ3n) is 2.14. The molecule has 0 aliphatic heterocycles. The van der Waals surface area contributed by atoms with Gasteiger partial charge in [0, 0.05) is 18.5 Å². The smallest absolute Gasteiger partial charge is 0.0488 e. The third-order valence-corrected chi connectivity index (χ3v) is 3.06. The summed E-state index contributed by atoms with van der Waals surface area (Å²) in [5.41, 5.74) is 0. The average molecular weight is 265 g/mol. The van der Waals surface area contributed by atoms with E-state index in [0.717, 1.165) is 30.4 Å². The van der Waals surface area contributed by atoms with Crippen molar-refractivity contribution in [2.45, 2.75) is 40.5 Å². The molecule has 0 fully saturated rings. The third kappa shape index (κ3) is 9.01. The predicted octanol–water partition coefficient (Wildman–Crippen LogP) is 4.11. The zero-order valence-electron chi connectivity index (χ0n) is 10.1. The van der Waals surface area contributed by atoms with E-state index in [2.05, 4.69) is 43.6 Å². The van der Waals surface area contributed by atoms with Gasteiger partial charge in [-0.15, -0.1) is 0 Å². The number of rotatable bonds is 8. The van der Waals surface area contributed by atoms with Crippen LogP contribution in [0, 0.1) is 17.8 Å². The molecule has 0 heterocycles. The molecular weight excluding hydrogens is 240 g/mol. The molecule has 0 saturated carbocycles. The van der Waals surface area contributed by atoms with Crippen LogP contribution in [0.15, 0.2) is 0 Å². The van der Waals surface area contributed by atoms with E-state index in [-0.39, 0.29) is 0 Å². The van der Waals surface area contributed by atoms with Crippen LogP contribution >= 0.6 is 15.9 Å². The van der Waals surface area contributed by atoms with Crippen molar-refractivity contribution >= 4 is 15.9 Å². The lowest BCUT2D eigenvalue weighted by Crippen LogP contribution is -2.11. The molecule has 0 bridgehead atoms. The Morgan fingerprint density at radius 2 is 1.71 bits per heavy atom. The second-order valence-electron chi connectivity index (χ2n) is 4.91. The van der Waals surface area contributed by atoms with Crippen molar-refractivity contribution < 1.29 is 4.74 Å². The fourth-order valence-corrected chi connectivity index (χ4v) is 2.08. The highest BCUT2D eigenvalue weighted by Gasteiger charge is 2.09. The van der Waals surface area contributed by atoms with Crippen LogP contribution in [0.25, 0.3) is 0 Å². The van der Waals surface area contributed by atoms with Crippen molar-refractivity contribution in [1.29, 1.82) is 0 Å². The zero-order chi connectivity index (χ0) is 11.0. The Bertz CT molecular complexity index is 123. The van der Waals surface area contributed by atoms with Crippen LogP contribution in [0.4, 0.5) is 0 Å². The molecule has 0 radical (unpaired) electrons. The molecular formula is C12H25BrO. The second-order valence-corrected chi connectivity index (χ2v) is 5.55. The van der Waals surface area contributed by atoms with Gasteiger partial charge in [-0.3, -0.25) is 0 Å². The number of alkyl halides is 1. The quantitative estimate of drug-likeness (QED) is 0.474. The van der Waals surface area contributed by atoms with Crippen LogP contribution in [0.3, 0.4) is 0 Å². The van der Waals surface area contributed by atoms with E-state index < -0.39 is 0 Å². The van der Waals surface area contributed by atoms with E-state index in [0.29, 0.717) is 5.92 Å². The highest BCUT2D eigenvalue weighted by atomic mass is 79.9. The van der Waals surface area contributed by atoms with Gasteiger partial charge in [-0.25, -0.2) is 0 Å². The van der Waals surface area contributed by atoms with E-state index in [9.17, 15) is 0 Å². The lowest BCUT2D eigenvalue weighted by Gasteiger charge is -2.16. The first-order valence-electron chi connectivity index (χ1n) is 5.70. The van der Waals surface area contributed by atoms with Gasteiger partial charge in [-0.2, -0.15) is 0 Å². The minimum Gasteiger partial charge on any atom is -0.381 e. The maximum absolute atomic E-state index is 5.59. The maximum atomic E-state index is 5.59. The lowest BCUT2D eigenvalue weighted by molar-refractivity contribution is 0.0978. The van der Waals surface area contributed by atoms with Gasteiger partial charge in [0.1, 0.15) is 0 Å². The molecule has 1 unspecified atom stereocenters. The molecule has 0 saturated heterocycles. The fourth-order valence-electron chi connectivity index (χ4n) is 1.49. The summed E-state index contributed by atoms with van der Waals surface area (Å²) in [5, 5.41) is 1.11. The van der Waals surface area contributed by atoms with Crippen LogP contribution in [0.5, 0.6) is 0 Å². The van der Waals surface area contributed by atoms with Gasteiger partial charge in [0.15, 0.2) is 0 Å². The summed E-state index contributed by atoms with van der Waals surface area (Å²) in [6.07, 6.45) is 2.49. The van der Waals surface area contributed by atoms with E-state index in [1.54, 1.807) is 0 Å². The van der Waals surface area contributed by atoms with Gasteiger partial charge in [0.25, 0.3) is 0 Å². The number of hydrogen-bond acceptors (Lipinski definition) is 1. The molecule has 86 valence electrons. The molecule has 0 aliphatic carbocycles. The molecule has 0 rings (SSSR count). The topological polar surface area (TPSA) is 9.23 Å². The van der Waals surface area contributed by atoms with Gasteiger partial charge in [-0.05, 0) is 30.6 Å². The van der Waals surface area contributed by atoms with Crippen LogP contribution < -0.4 is 0 Å². The Hall–Kier alpha value is 0.440. The largest absolute Gasteiger partial charge is 0.381 e. The van der Waals surface area contributed by atoms with Crippen molar-refractivity contribution in [1.82, 2.24) is 0 Å². The minimum atomic E-state index is 0.655. The molecule has 0 aromatic rings. The summed E-state index contributed by atoms with van der Waals surface area (Å²) in [5.74, 6) is 2.23. The van der Waals surface area contributed by atoms with Crippen LogP contribution in [-0.4, -0.2) is 18.5 Å². The molecule has 0 aromatic carbocycles. The van der Waals surface area contributed by atoms with Gasteiger partial charge in [0.05, 0.1) is 0 Å². The Morgan fingerprint density at radius 3 is 2.14 bits per heavy atom. The SMILES string of the molecule is CC(C)COCCC(CBr)CC(C)C. The Kier molecular flexibility index (Phi) is 9.00. The van der Waals surface area contributed by atoms with Gasteiger partial charge >= 0.3 is 0 Å². The molecule has 14 heavy (non-hydrogen) atoms. The molecule has 0 N–H and O–H groups in total. The first-order chi connectivity index (χ1) is 6.56. The number of ether oxygens (including phenoxy) is 1. The van der Waals surface area contributed by atoms with E-state index >= 15 is 0 Å². The molecule has 0 aromatic heterocycles.